The smallest absolute Gasteiger partial charge is 0.0394 e. The molecule has 0 amide bonds. The Balaban J connectivity index is 0.00000324. The fourth-order valence-electron chi connectivity index (χ4n) is 1.16. The number of benzene rings is 1. The summed E-state index contributed by atoms with van der Waals surface area (Å²) in [7, 11) is 0. The van der Waals surface area contributed by atoms with E-state index >= 15 is 0 Å². The lowest BCUT2D eigenvalue weighted by atomic mass is 10.0. The van der Waals surface area contributed by atoms with Crippen LogP contribution in [0.4, 0.5) is 0 Å². The molecule has 1 aromatic carbocycles. The first-order chi connectivity index (χ1) is 8.12. The fourth-order valence-corrected chi connectivity index (χ4v) is 1.16. The Labute approximate surface area is 95.6 Å². The van der Waals surface area contributed by atoms with Crippen molar-refractivity contribution < 1.29 is 8.22 Å². The predicted molar refractivity (Wildman–Crippen MR) is 60.7 cm³/mol. The Hall–Kier alpha value is -0.530. The number of likely N-dealkylation sites (N-methyl/N-ethyl adjacent to an activating group) is 1. The molecule has 0 saturated heterocycles. The molecule has 74 valence electrons. The lowest BCUT2D eigenvalue weighted by Crippen LogP contribution is -2.18. The third-order valence-corrected chi connectivity index (χ3v) is 1.83. The Bertz CT molecular complexity index is 361. The minimum Gasteiger partial charge on any atom is -0.309 e. The molecule has 0 aliphatic carbocycles. The monoisotopic (exact) mass is 205 g/mol. The van der Waals surface area contributed by atoms with E-state index in [9.17, 15) is 0 Å². The Morgan fingerprint density at radius 1 is 1.31 bits per heavy atom. The van der Waals surface area contributed by atoms with E-state index < -0.39 is 14.0 Å². The van der Waals surface area contributed by atoms with Crippen LogP contribution in [0.2, 0.25) is 0 Å². The van der Waals surface area contributed by atoms with Crippen LogP contribution in [-0.4, -0.2) is 25.4 Å². The molecule has 0 bridgehead atoms. The fraction of sp³-hybridized carbons (Fsp3) is 0.455. The van der Waals surface area contributed by atoms with Crippen molar-refractivity contribution in [3.05, 3.63) is 35.9 Å². The number of halogens is 1. The summed E-state index contributed by atoms with van der Waals surface area (Å²) in [6, 6.07) is 9.28. The first kappa shape index (κ1) is 5.38. The molecule has 1 unspecified atom stereocenters. The van der Waals surface area contributed by atoms with Crippen molar-refractivity contribution in [1.82, 2.24) is 4.90 Å². The van der Waals surface area contributed by atoms with Crippen LogP contribution in [0.1, 0.15) is 26.6 Å². The number of hydrogen-bond acceptors (Lipinski definition) is 1. The number of rotatable bonds is 3. The van der Waals surface area contributed by atoms with E-state index in [0.717, 1.165) is 5.56 Å². The van der Waals surface area contributed by atoms with Gasteiger partial charge in [0.25, 0.3) is 0 Å². The molecule has 0 fully saturated rings. The molecule has 0 aromatic heterocycles. The quantitative estimate of drug-likeness (QED) is 0.734. The average molecular weight is 206 g/mol. The van der Waals surface area contributed by atoms with Crippen LogP contribution in [0.25, 0.3) is 0 Å². The molecule has 1 nitrogen and oxygen atoms in total. The summed E-state index contributed by atoms with van der Waals surface area (Å²) in [5.74, 6) is -0.160. The second kappa shape index (κ2) is 6.01. The SMILES string of the molecule is Cl.[2H]C([2H])([2H])N(CC(C)c1ccccc1)C([2H])([2H])[2H]. The van der Waals surface area contributed by atoms with Gasteiger partial charge in [0.2, 0.25) is 0 Å². The maximum Gasteiger partial charge on any atom is 0.0394 e. The summed E-state index contributed by atoms with van der Waals surface area (Å²) in [4.78, 5) is 0.595. The van der Waals surface area contributed by atoms with E-state index in [1.807, 2.05) is 37.3 Å². The van der Waals surface area contributed by atoms with Gasteiger partial charge in [-0.25, -0.2) is 0 Å². The molecule has 1 atom stereocenters. The summed E-state index contributed by atoms with van der Waals surface area (Å²) in [6.07, 6.45) is 0. The van der Waals surface area contributed by atoms with Crippen molar-refractivity contribution in [2.45, 2.75) is 12.8 Å². The van der Waals surface area contributed by atoms with Gasteiger partial charge in [0.15, 0.2) is 0 Å². The zero-order valence-electron chi connectivity index (χ0n) is 13.5. The summed E-state index contributed by atoms with van der Waals surface area (Å²) in [5.41, 5.74) is 0.927. The Kier molecular flexibility index (Phi) is 2.48. The van der Waals surface area contributed by atoms with E-state index in [1.54, 1.807) is 0 Å². The predicted octanol–water partition coefficient (Wildman–Crippen LogP) is 2.77. The molecular weight excluding hydrogens is 182 g/mol. The molecule has 2 heteroatoms. The van der Waals surface area contributed by atoms with Crippen LogP contribution in [0, 0.1) is 0 Å². The highest BCUT2D eigenvalue weighted by atomic mass is 35.5. The van der Waals surface area contributed by atoms with Gasteiger partial charge in [-0.2, -0.15) is 0 Å². The summed E-state index contributed by atoms with van der Waals surface area (Å²) < 4.78 is 43.8. The van der Waals surface area contributed by atoms with Crippen molar-refractivity contribution in [3.63, 3.8) is 0 Å². The highest BCUT2D eigenvalue weighted by Crippen LogP contribution is 2.14. The maximum absolute atomic E-state index is 7.30. The highest BCUT2D eigenvalue weighted by Gasteiger charge is 2.04. The largest absolute Gasteiger partial charge is 0.309 e. The molecule has 1 rings (SSSR count). The van der Waals surface area contributed by atoms with Gasteiger partial charge in [0, 0.05) is 14.8 Å². The van der Waals surface area contributed by atoms with E-state index in [4.69, 9.17) is 8.22 Å². The second-order valence-corrected chi connectivity index (χ2v) is 2.92. The minimum absolute atomic E-state index is 0. The molecule has 0 radical (unpaired) electrons. The first-order valence-electron chi connectivity index (χ1n) is 6.95. The first-order valence-corrected chi connectivity index (χ1v) is 3.95. The standard InChI is InChI=1S/C11H17N.ClH/c1-10(9-12(2)3)11-7-5-4-6-8-11;/h4-8,10H,9H2,1-3H3;1H/i2D3,3D3;. The van der Waals surface area contributed by atoms with Gasteiger partial charge in [-0.15, -0.1) is 12.4 Å². The van der Waals surface area contributed by atoms with Crippen LogP contribution in [0.15, 0.2) is 30.3 Å². The maximum atomic E-state index is 7.30. The van der Waals surface area contributed by atoms with E-state index in [1.165, 1.54) is 0 Å². The van der Waals surface area contributed by atoms with Gasteiger partial charge < -0.3 is 4.90 Å². The van der Waals surface area contributed by atoms with Gasteiger partial charge in [-0.3, -0.25) is 0 Å². The van der Waals surface area contributed by atoms with Gasteiger partial charge in [-0.05, 0) is 25.4 Å². The normalized spacial score (nSPS) is 21.1. The molecule has 0 aliphatic rings. The van der Waals surface area contributed by atoms with Crippen molar-refractivity contribution in [2.24, 2.45) is 0 Å². The highest BCUT2D eigenvalue weighted by molar-refractivity contribution is 5.85. The molecule has 13 heavy (non-hydrogen) atoms. The van der Waals surface area contributed by atoms with Crippen LogP contribution in [0.5, 0.6) is 0 Å². The molecule has 0 aliphatic heterocycles. The Morgan fingerprint density at radius 2 is 1.92 bits per heavy atom. The molecule has 0 saturated carbocycles. The molecule has 0 spiro atoms. The second-order valence-electron chi connectivity index (χ2n) is 2.92. The van der Waals surface area contributed by atoms with Gasteiger partial charge in [0.1, 0.15) is 0 Å². The van der Waals surface area contributed by atoms with E-state index in [0.29, 0.717) is 4.90 Å². The van der Waals surface area contributed by atoms with Crippen molar-refractivity contribution in [1.29, 1.82) is 0 Å². The molecule has 0 N–H and O–H groups in total. The third kappa shape index (κ3) is 4.30. The van der Waals surface area contributed by atoms with Gasteiger partial charge in [-0.1, -0.05) is 37.3 Å². The minimum atomic E-state index is -2.62. The average Bonchev–Trinajstić information content (AvgIpc) is 2.23. The van der Waals surface area contributed by atoms with Crippen molar-refractivity contribution in [2.75, 3.05) is 20.5 Å². The van der Waals surface area contributed by atoms with E-state index in [2.05, 4.69) is 0 Å². The topological polar surface area (TPSA) is 3.24 Å². The van der Waals surface area contributed by atoms with Crippen molar-refractivity contribution >= 4 is 12.4 Å². The van der Waals surface area contributed by atoms with Crippen LogP contribution < -0.4 is 0 Å². The summed E-state index contributed by atoms with van der Waals surface area (Å²) in [5, 5.41) is 0. The van der Waals surface area contributed by atoms with Crippen LogP contribution in [0.3, 0.4) is 0 Å². The lowest BCUT2D eigenvalue weighted by molar-refractivity contribution is 0.383. The van der Waals surface area contributed by atoms with Crippen LogP contribution >= 0.6 is 12.4 Å². The zero-order chi connectivity index (χ0) is 14.0. The third-order valence-electron chi connectivity index (χ3n) is 1.83. The summed E-state index contributed by atoms with van der Waals surface area (Å²) >= 11 is 0. The summed E-state index contributed by atoms with van der Waals surface area (Å²) in [6.45, 7) is -3.45. The lowest BCUT2D eigenvalue weighted by Gasteiger charge is -2.16. The number of nitrogens with zero attached hydrogens (tertiary/aromatic N) is 1. The van der Waals surface area contributed by atoms with Crippen LogP contribution in [-0.2, 0) is 0 Å². The molecule has 1 aromatic rings. The molecule has 0 heterocycles. The molecular formula is C11H18ClN. The Morgan fingerprint density at radius 3 is 2.46 bits per heavy atom. The zero-order valence-corrected chi connectivity index (χ0v) is 8.34. The van der Waals surface area contributed by atoms with E-state index in [-0.39, 0.29) is 24.9 Å². The number of hydrogen-bond donors (Lipinski definition) is 0. The van der Waals surface area contributed by atoms with Gasteiger partial charge >= 0.3 is 0 Å². The van der Waals surface area contributed by atoms with Crippen molar-refractivity contribution in [3.8, 4) is 0 Å². The van der Waals surface area contributed by atoms with Gasteiger partial charge in [0.05, 0.1) is 0 Å².